The zero-order valence-electron chi connectivity index (χ0n) is 9.45. The van der Waals surface area contributed by atoms with Gasteiger partial charge in [0.15, 0.2) is 0 Å². The molecule has 0 aliphatic carbocycles. The molecule has 3 nitrogen and oxygen atoms in total. The lowest BCUT2D eigenvalue weighted by Crippen LogP contribution is -1.94. The molecule has 1 aromatic heterocycles. The van der Waals surface area contributed by atoms with Crippen molar-refractivity contribution >= 4 is 23.2 Å². The van der Waals surface area contributed by atoms with Crippen LogP contribution in [0.15, 0.2) is 30.5 Å². The highest BCUT2D eigenvalue weighted by molar-refractivity contribution is 6.42. The minimum atomic E-state index is 0.260. The Kier molecular flexibility index (Phi) is 3.71. The Balaban J connectivity index is 2.37. The van der Waals surface area contributed by atoms with E-state index in [9.17, 15) is 0 Å². The second-order valence-corrected chi connectivity index (χ2v) is 4.41. The Hall–Kier alpha value is -1.76. The van der Waals surface area contributed by atoms with E-state index < -0.39 is 0 Å². The summed E-state index contributed by atoms with van der Waals surface area (Å²) >= 11 is 11.7. The van der Waals surface area contributed by atoms with Gasteiger partial charge in [-0.3, -0.25) is 0 Å². The summed E-state index contributed by atoms with van der Waals surface area (Å²) in [5.74, 6) is 0.745. The monoisotopic (exact) mass is 278 g/mol. The fourth-order valence-corrected chi connectivity index (χ4v) is 1.69. The van der Waals surface area contributed by atoms with Gasteiger partial charge < -0.3 is 4.74 Å². The highest BCUT2D eigenvalue weighted by atomic mass is 35.5. The maximum Gasteiger partial charge on any atom is 0.237 e. The van der Waals surface area contributed by atoms with Crippen LogP contribution in [0.3, 0.4) is 0 Å². The third-order valence-corrected chi connectivity index (χ3v) is 3.08. The van der Waals surface area contributed by atoms with Gasteiger partial charge >= 0.3 is 0 Å². The zero-order valence-corrected chi connectivity index (χ0v) is 11.0. The lowest BCUT2D eigenvalue weighted by atomic mass is 10.2. The first-order valence-corrected chi connectivity index (χ1v) is 5.86. The van der Waals surface area contributed by atoms with Crippen LogP contribution in [-0.2, 0) is 0 Å². The van der Waals surface area contributed by atoms with Crippen molar-refractivity contribution in [2.24, 2.45) is 0 Å². The molecule has 0 saturated carbocycles. The van der Waals surface area contributed by atoms with Crippen molar-refractivity contribution in [3.63, 3.8) is 0 Å². The predicted octanol–water partition coefficient (Wildman–Crippen LogP) is 4.36. The molecule has 2 rings (SSSR count). The maximum absolute atomic E-state index is 9.06. The molecule has 0 fully saturated rings. The zero-order chi connectivity index (χ0) is 13.1. The molecule has 0 radical (unpaired) electrons. The lowest BCUT2D eigenvalue weighted by molar-refractivity contribution is 0.461. The van der Waals surface area contributed by atoms with E-state index in [4.69, 9.17) is 33.2 Å². The molecule has 0 amide bonds. The molecular weight excluding hydrogens is 271 g/mol. The van der Waals surface area contributed by atoms with Gasteiger partial charge in [0.05, 0.1) is 10.0 Å². The van der Waals surface area contributed by atoms with Crippen molar-refractivity contribution in [3.8, 4) is 17.7 Å². The van der Waals surface area contributed by atoms with Crippen LogP contribution in [-0.4, -0.2) is 4.98 Å². The van der Waals surface area contributed by atoms with Crippen LogP contribution < -0.4 is 4.74 Å². The van der Waals surface area contributed by atoms with Gasteiger partial charge in [-0.2, -0.15) is 5.26 Å². The average Bonchev–Trinajstić information content (AvgIpc) is 2.34. The molecule has 0 spiro atoms. The van der Waals surface area contributed by atoms with Gasteiger partial charge in [-0.1, -0.05) is 23.2 Å². The molecule has 2 aromatic rings. The van der Waals surface area contributed by atoms with Crippen LogP contribution in [0.4, 0.5) is 0 Å². The first kappa shape index (κ1) is 12.7. The topological polar surface area (TPSA) is 45.9 Å². The highest BCUT2D eigenvalue weighted by Crippen LogP contribution is 2.30. The number of aromatic nitrogens is 1. The van der Waals surface area contributed by atoms with E-state index >= 15 is 0 Å². The van der Waals surface area contributed by atoms with Gasteiger partial charge in [-0.25, -0.2) is 4.98 Å². The summed E-state index contributed by atoms with van der Waals surface area (Å²) < 4.78 is 5.54. The molecule has 5 heteroatoms. The lowest BCUT2D eigenvalue weighted by Gasteiger charge is -2.08. The normalized spacial score (nSPS) is 9.89. The summed E-state index contributed by atoms with van der Waals surface area (Å²) in [6.07, 6.45) is 1.59. The molecule has 90 valence electrons. The number of pyridine rings is 1. The minimum Gasteiger partial charge on any atom is -0.438 e. The van der Waals surface area contributed by atoms with Crippen LogP contribution in [0.25, 0.3) is 0 Å². The first-order valence-electron chi connectivity index (χ1n) is 5.10. The van der Waals surface area contributed by atoms with E-state index in [-0.39, 0.29) is 5.88 Å². The van der Waals surface area contributed by atoms with Gasteiger partial charge in [0.1, 0.15) is 17.4 Å². The van der Waals surface area contributed by atoms with Gasteiger partial charge in [-0.05, 0) is 30.7 Å². The van der Waals surface area contributed by atoms with Gasteiger partial charge in [-0.15, -0.1) is 0 Å². The molecule has 18 heavy (non-hydrogen) atoms. The Morgan fingerprint density at radius 2 is 2.00 bits per heavy atom. The molecule has 0 bridgehead atoms. The van der Waals surface area contributed by atoms with Gasteiger partial charge in [0.25, 0.3) is 0 Å². The van der Waals surface area contributed by atoms with Crippen LogP contribution in [0.2, 0.25) is 10.0 Å². The molecule has 1 aromatic carbocycles. The molecule has 0 N–H and O–H groups in total. The number of hydrogen-bond donors (Lipinski definition) is 0. The van der Waals surface area contributed by atoms with Crippen molar-refractivity contribution in [2.75, 3.05) is 0 Å². The smallest absolute Gasteiger partial charge is 0.237 e. The number of benzene rings is 1. The van der Waals surface area contributed by atoms with E-state index in [1.54, 1.807) is 30.5 Å². The number of nitrogens with zero attached hydrogens (tertiary/aromatic N) is 2. The van der Waals surface area contributed by atoms with Crippen molar-refractivity contribution in [1.82, 2.24) is 4.98 Å². The Labute approximate surface area is 115 Å². The summed E-state index contributed by atoms with van der Waals surface area (Å²) in [5.41, 5.74) is 1.21. The van der Waals surface area contributed by atoms with Crippen LogP contribution in [0.5, 0.6) is 11.6 Å². The third kappa shape index (κ3) is 2.56. The standard InChI is InChI=1S/C13H8Cl2N2O/c1-8-4-5-17-13(10(8)7-16)18-9-2-3-11(14)12(15)6-9/h2-6H,1H3. The average molecular weight is 279 g/mol. The summed E-state index contributed by atoms with van der Waals surface area (Å²) in [7, 11) is 0. The Morgan fingerprint density at radius 3 is 2.67 bits per heavy atom. The minimum absolute atomic E-state index is 0.260. The predicted molar refractivity (Wildman–Crippen MR) is 70.2 cm³/mol. The number of halogens is 2. The fraction of sp³-hybridized carbons (Fsp3) is 0.0769. The number of ether oxygens (including phenoxy) is 1. The maximum atomic E-state index is 9.06. The second-order valence-electron chi connectivity index (χ2n) is 3.60. The van der Waals surface area contributed by atoms with Crippen LogP contribution >= 0.6 is 23.2 Å². The van der Waals surface area contributed by atoms with Crippen molar-refractivity contribution in [2.45, 2.75) is 6.92 Å². The van der Waals surface area contributed by atoms with Crippen LogP contribution in [0.1, 0.15) is 11.1 Å². The van der Waals surface area contributed by atoms with E-state index in [2.05, 4.69) is 11.1 Å². The number of hydrogen-bond acceptors (Lipinski definition) is 3. The molecule has 0 unspecified atom stereocenters. The molecule has 0 atom stereocenters. The van der Waals surface area contributed by atoms with E-state index in [0.717, 1.165) is 5.56 Å². The van der Waals surface area contributed by atoms with E-state index in [0.29, 0.717) is 21.4 Å². The second kappa shape index (κ2) is 5.26. The van der Waals surface area contributed by atoms with Crippen molar-refractivity contribution < 1.29 is 4.74 Å². The Bertz CT molecular complexity index is 635. The third-order valence-electron chi connectivity index (χ3n) is 2.34. The highest BCUT2D eigenvalue weighted by Gasteiger charge is 2.09. The summed E-state index contributed by atoms with van der Waals surface area (Å²) in [6, 6.07) is 8.68. The first-order chi connectivity index (χ1) is 8.61. The molecule has 0 aliphatic rings. The van der Waals surface area contributed by atoms with Crippen LogP contribution in [0, 0.1) is 18.3 Å². The van der Waals surface area contributed by atoms with Crippen molar-refractivity contribution in [1.29, 1.82) is 5.26 Å². The molecular formula is C13H8Cl2N2O. The number of rotatable bonds is 2. The summed E-state index contributed by atoms with van der Waals surface area (Å²) in [4.78, 5) is 4.04. The van der Waals surface area contributed by atoms with Gasteiger partial charge in [0.2, 0.25) is 5.88 Å². The SMILES string of the molecule is Cc1ccnc(Oc2ccc(Cl)c(Cl)c2)c1C#N. The molecule has 1 heterocycles. The van der Waals surface area contributed by atoms with E-state index in [1.807, 2.05) is 6.92 Å². The summed E-state index contributed by atoms with van der Waals surface area (Å²) in [6.45, 7) is 1.82. The fourth-order valence-electron chi connectivity index (χ4n) is 1.40. The molecule has 0 aliphatic heterocycles. The van der Waals surface area contributed by atoms with Gasteiger partial charge in [0, 0.05) is 12.3 Å². The quantitative estimate of drug-likeness (QED) is 0.820. The number of aryl methyl sites for hydroxylation is 1. The summed E-state index contributed by atoms with van der Waals surface area (Å²) in [5, 5.41) is 9.89. The Morgan fingerprint density at radius 1 is 1.22 bits per heavy atom. The number of nitriles is 1. The largest absolute Gasteiger partial charge is 0.438 e. The molecule has 0 saturated heterocycles. The van der Waals surface area contributed by atoms with E-state index in [1.165, 1.54) is 0 Å². The van der Waals surface area contributed by atoms with Crippen molar-refractivity contribution in [3.05, 3.63) is 51.6 Å².